The molecule has 21 heavy (non-hydrogen) atoms. The van der Waals surface area contributed by atoms with Crippen molar-refractivity contribution >= 4 is 17.4 Å². The van der Waals surface area contributed by atoms with E-state index in [2.05, 4.69) is 16.8 Å². The van der Waals surface area contributed by atoms with Gasteiger partial charge in [-0.15, -0.1) is 0 Å². The minimum atomic E-state index is 0.585. The van der Waals surface area contributed by atoms with Crippen molar-refractivity contribution in [2.24, 2.45) is 5.41 Å². The maximum Gasteiger partial charge on any atom is 0.134 e. The largest absolute Gasteiger partial charge is 0.356 e. The second kappa shape index (κ2) is 6.51. The normalized spacial score (nSPS) is 21.7. The van der Waals surface area contributed by atoms with Gasteiger partial charge in [0.2, 0.25) is 0 Å². The van der Waals surface area contributed by atoms with E-state index in [1.807, 2.05) is 6.07 Å². The summed E-state index contributed by atoms with van der Waals surface area (Å²) >= 11 is 6.17. The van der Waals surface area contributed by atoms with Crippen molar-refractivity contribution in [2.45, 2.75) is 64.7 Å². The lowest BCUT2D eigenvalue weighted by atomic mass is 9.68. The molecule has 0 N–H and O–H groups in total. The van der Waals surface area contributed by atoms with Gasteiger partial charge in [-0.05, 0) is 37.5 Å². The highest BCUT2D eigenvalue weighted by atomic mass is 35.5. The number of nitrogens with zero attached hydrogens (tertiary/aromatic N) is 3. The number of anilines is 1. The molecule has 1 aliphatic heterocycles. The Morgan fingerprint density at radius 1 is 1.10 bits per heavy atom. The van der Waals surface area contributed by atoms with Crippen LogP contribution in [-0.4, -0.2) is 23.1 Å². The molecule has 3 nitrogen and oxygen atoms in total. The molecular formula is C17H26ClN3. The highest BCUT2D eigenvalue weighted by Crippen LogP contribution is 2.45. The Morgan fingerprint density at radius 3 is 2.48 bits per heavy atom. The van der Waals surface area contributed by atoms with Crippen LogP contribution in [-0.2, 0) is 6.42 Å². The van der Waals surface area contributed by atoms with Gasteiger partial charge >= 0.3 is 0 Å². The molecule has 116 valence electrons. The molecule has 1 aromatic heterocycles. The predicted octanol–water partition coefficient (Wildman–Crippen LogP) is 4.63. The van der Waals surface area contributed by atoms with Crippen LogP contribution in [0.15, 0.2) is 6.07 Å². The number of aryl methyl sites for hydroxylation is 1. The van der Waals surface area contributed by atoms with Gasteiger partial charge in [0.25, 0.3) is 0 Å². The van der Waals surface area contributed by atoms with Gasteiger partial charge in [-0.3, -0.25) is 0 Å². The summed E-state index contributed by atoms with van der Waals surface area (Å²) in [5.41, 5.74) is 0.637. The number of hydrogen-bond donors (Lipinski definition) is 0. The maximum atomic E-state index is 6.17. The third-order valence-corrected chi connectivity index (χ3v) is 5.46. The van der Waals surface area contributed by atoms with E-state index in [1.165, 1.54) is 44.9 Å². The van der Waals surface area contributed by atoms with Crippen molar-refractivity contribution in [1.82, 2.24) is 9.97 Å². The molecule has 1 saturated heterocycles. The quantitative estimate of drug-likeness (QED) is 0.762. The molecule has 0 atom stereocenters. The fourth-order valence-electron chi connectivity index (χ4n) is 3.96. The highest BCUT2D eigenvalue weighted by Gasteiger charge is 2.35. The minimum absolute atomic E-state index is 0.585. The summed E-state index contributed by atoms with van der Waals surface area (Å²) in [5, 5.41) is 0.585. The molecule has 0 bridgehead atoms. The lowest BCUT2D eigenvalue weighted by Crippen LogP contribution is -2.41. The second-order valence-electron chi connectivity index (χ2n) is 6.76. The summed E-state index contributed by atoms with van der Waals surface area (Å²) in [7, 11) is 0. The fraction of sp³-hybridized carbons (Fsp3) is 0.765. The molecule has 2 aliphatic rings. The van der Waals surface area contributed by atoms with Gasteiger partial charge in [0.05, 0.1) is 0 Å². The van der Waals surface area contributed by atoms with E-state index in [4.69, 9.17) is 16.6 Å². The average molecular weight is 308 g/mol. The summed E-state index contributed by atoms with van der Waals surface area (Å²) in [6.45, 7) is 4.40. The maximum absolute atomic E-state index is 6.17. The molecule has 0 radical (unpaired) electrons. The Hall–Kier alpha value is -0.830. The molecule has 1 saturated carbocycles. The van der Waals surface area contributed by atoms with Crippen molar-refractivity contribution in [3.63, 3.8) is 0 Å². The van der Waals surface area contributed by atoms with Crippen LogP contribution in [0, 0.1) is 5.41 Å². The van der Waals surface area contributed by atoms with Gasteiger partial charge in [-0.25, -0.2) is 9.97 Å². The third kappa shape index (κ3) is 3.50. The Bertz CT molecular complexity index is 473. The van der Waals surface area contributed by atoms with Crippen molar-refractivity contribution in [3.8, 4) is 0 Å². The van der Waals surface area contributed by atoms with Crippen LogP contribution < -0.4 is 4.90 Å². The molecule has 1 aromatic rings. The number of piperidine rings is 1. The molecule has 0 aromatic carbocycles. The molecule has 1 spiro atoms. The fourth-order valence-corrected chi connectivity index (χ4v) is 4.16. The van der Waals surface area contributed by atoms with Crippen LogP contribution >= 0.6 is 11.6 Å². The van der Waals surface area contributed by atoms with E-state index in [-0.39, 0.29) is 0 Å². The van der Waals surface area contributed by atoms with E-state index < -0.39 is 0 Å². The van der Waals surface area contributed by atoms with Crippen LogP contribution in [0.3, 0.4) is 0 Å². The van der Waals surface area contributed by atoms with Crippen LogP contribution in [0.4, 0.5) is 5.82 Å². The standard InChI is InChI=1S/C17H26ClN3/c1-2-6-15-19-14(18)13-16(20-15)21-11-9-17(10-12-21)7-4-3-5-8-17/h13H,2-12H2,1H3. The zero-order chi connectivity index (χ0) is 14.7. The zero-order valence-electron chi connectivity index (χ0n) is 13.1. The lowest BCUT2D eigenvalue weighted by molar-refractivity contribution is 0.144. The van der Waals surface area contributed by atoms with Crippen molar-refractivity contribution in [3.05, 3.63) is 17.0 Å². The van der Waals surface area contributed by atoms with Gasteiger partial charge in [-0.1, -0.05) is 37.8 Å². The van der Waals surface area contributed by atoms with E-state index >= 15 is 0 Å². The summed E-state index contributed by atoms with van der Waals surface area (Å²) in [4.78, 5) is 11.4. The molecule has 0 unspecified atom stereocenters. The van der Waals surface area contributed by atoms with Gasteiger partial charge in [0.1, 0.15) is 16.8 Å². The summed E-state index contributed by atoms with van der Waals surface area (Å²) < 4.78 is 0. The average Bonchev–Trinajstić information content (AvgIpc) is 2.48. The summed E-state index contributed by atoms with van der Waals surface area (Å²) in [5.74, 6) is 1.92. The van der Waals surface area contributed by atoms with Crippen LogP contribution in [0.25, 0.3) is 0 Å². The summed E-state index contributed by atoms with van der Waals surface area (Å²) in [6.07, 6.45) is 11.8. The third-order valence-electron chi connectivity index (χ3n) is 5.26. The van der Waals surface area contributed by atoms with Crippen molar-refractivity contribution in [2.75, 3.05) is 18.0 Å². The smallest absolute Gasteiger partial charge is 0.134 e. The van der Waals surface area contributed by atoms with Gasteiger partial charge < -0.3 is 4.90 Å². The SMILES string of the molecule is CCCc1nc(Cl)cc(N2CCC3(CCCCC3)CC2)n1. The van der Waals surface area contributed by atoms with E-state index in [9.17, 15) is 0 Å². The monoisotopic (exact) mass is 307 g/mol. The van der Waals surface area contributed by atoms with Gasteiger partial charge in [-0.2, -0.15) is 0 Å². The molecule has 4 heteroatoms. The molecule has 3 rings (SSSR count). The Balaban J connectivity index is 1.68. The molecule has 2 fully saturated rings. The first-order valence-electron chi connectivity index (χ1n) is 8.49. The molecule has 1 aliphatic carbocycles. The second-order valence-corrected chi connectivity index (χ2v) is 7.15. The topological polar surface area (TPSA) is 29.0 Å². The van der Waals surface area contributed by atoms with Crippen molar-refractivity contribution in [1.29, 1.82) is 0 Å². The predicted molar refractivity (Wildman–Crippen MR) is 88.0 cm³/mol. The van der Waals surface area contributed by atoms with Gasteiger partial charge in [0, 0.05) is 25.6 Å². The van der Waals surface area contributed by atoms with E-state index in [1.54, 1.807) is 0 Å². The molecule has 0 amide bonds. The lowest BCUT2D eigenvalue weighted by Gasteiger charge is -2.44. The molecular weight excluding hydrogens is 282 g/mol. The van der Waals surface area contributed by atoms with E-state index in [0.29, 0.717) is 10.6 Å². The van der Waals surface area contributed by atoms with Crippen molar-refractivity contribution < 1.29 is 0 Å². The number of aromatic nitrogens is 2. The number of hydrogen-bond acceptors (Lipinski definition) is 3. The Labute approximate surface area is 133 Å². The van der Waals surface area contributed by atoms with Crippen LogP contribution in [0.5, 0.6) is 0 Å². The first kappa shape index (κ1) is 15.1. The zero-order valence-corrected chi connectivity index (χ0v) is 13.8. The van der Waals surface area contributed by atoms with Gasteiger partial charge in [0.15, 0.2) is 0 Å². The van der Waals surface area contributed by atoms with Crippen LogP contribution in [0.2, 0.25) is 5.15 Å². The Morgan fingerprint density at radius 2 is 1.81 bits per heavy atom. The highest BCUT2D eigenvalue weighted by molar-refractivity contribution is 6.29. The first-order chi connectivity index (χ1) is 10.2. The summed E-state index contributed by atoms with van der Waals surface area (Å²) in [6, 6.07) is 1.93. The number of rotatable bonds is 3. The minimum Gasteiger partial charge on any atom is -0.356 e. The van der Waals surface area contributed by atoms with E-state index in [0.717, 1.165) is 37.6 Å². The van der Waals surface area contributed by atoms with Crippen LogP contribution in [0.1, 0.15) is 64.1 Å². The molecule has 2 heterocycles. The first-order valence-corrected chi connectivity index (χ1v) is 8.87. The number of halogens is 1. The Kier molecular flexibility index (Phi) is 4.68.